The summed E-state index contributed by atoms with van der Waals surface area (Å²) in [6.07, 6.45) is 0. The Morgan fingerprint density at radius 1 is 0.238 bits per heavy atom. The first-order valence-electron chi connectivity index (χ1n) is 32.3. The Labute approximate surface area is 598 Å². The second-order valence-electron chi connectivity index (χ2n) is 21.2. The van der Waals surface area contributed by atoms with Gasteiger partial charge in [0.1, 0.15) is 22.6 Å². The molecule has 0 saturated carbocycles. The fourth-order valence-electron chi connectivity index (χ4n) is 12.4. The van der Waals surface area contributed by atoms with E-state index in [1.54, 1.807) is 0 Å². The second kappa shape index (κ2) is 34.5. The van der Waals surface area contributed by atoms with Crippen LogP contribution in [0.2, 0.25) is 0 Å². The number of hydrogen-bond acceptors (Lipinski definition) is 18. The zero-order chi connectivity index (χ0) is 71.9. The average molecular weight is 1400 g/mol. The van der Waals surface area contributed by atoms with E-state index in [4.69, 9.17) is 49.8 Å². The van der Waals surface area contributed by atoms with Crippen molar-refractivity contribution in [2.45, 2.75) is 0 Å². The number of benzene rings is 8. The van der Waals surface area contributed by atoms with Crippen molar-refractivity contribution < 1.29 is 28.6 Å². The SMILES string of the molecule is CN.CN.CN.CN.CN.CN.CN.CN.Cn1c2nc3[n+](C)c(nc4c5ccccc5c(nc5[n+](C)c(nc1c1ccccc12)-c1ccccc1-5)n4C)-c1ccccc1-3.[Zn].c1ccc2c(c1)-c1nc-2nc2[nH]c(nc3nc(nc4[nH]c(n1)c1ccccc41)-c1ccccc1-3)c1ccccc21. The van der Waals surface area contributed by atoms with E-state index >= 15 is 0 Å². The Hall–Kier alpha value is -11.2. The van der Waals surface area contributed by atoms with Crippen molar-refractivity contribution in [1.82, 2.24) is 68.9 Å². The summed E-state index contributed by atoms with van der Waals surface area (Å²) in [5.41, 5.74) is 50.0. The summed E-state index contributed by atoms with van der Waals surface area (Å²) >= 11 is 0. The summed E-state index contributed by atoms with van der Waals surface area (Å²) < 4.78 is 8.41. The first kappa shape index (κ1) is 75.6. The van der Waals surface area contributed by atoms with Crippen LogP contribution < -0.4 is 55.0 Å². The maximum Gasteiger partial charge on any atom is 0.273 e. The van der Waals surface area contributed by atoms with Crippen LogP contribution in [-0.2, 0) is 47.7 Å². The van der Waals surface area contributed by atoms with Gasteiger partial charge in [-0.1, -0.05) is 166 Å². The number of fused-ring (bicyclic) bond motifs is 40. The fourth-order valence-corrected chi connectivity index (χ4v) is 12.4. The molecule has 0 amide bonds. The number of nitrogens with two attached hydrogens (primary N) is 8. The molecule has 0 radical (unpaired) electrons. The summed E-state index contributed by atoms with van der Waals surface area (Å²) in [7, 11) is 20.2. The molecule has 0 unspecified atom stereocenters. The molecule has 25 heteroatoms. The Balaban J connectivity index is 0.000000214. The third-order valence-corrected chi connectivity index (χ3v) is 16.5. The minimum atomic E-state index is 0. The van der Waals surface area contributed by atoms with E-state index in [0.29, 0.717) is 45.9 Å². The monoisotopic (exact) mass is 1400 g/mol. The Morgan fingerprint density at radius 2 is 0.406 bits per heavy atom. The second-order valence-corrected chi connectivity index (χ2v) is 21.2. The average Bonchev–Trinajstić information content (AvgIpc) is 1.59. The van der Waals surface area contributed by atoms with Gasteiger partial charge in [-0.3, -0.25) is 9.13 Å². The third kappa shape index (κ3) is 13.7. The molecular formula is C76H86N24Zn+2. The van der Waals surface area contributed by atoms with Crippen molar-refractivity contribution in [1.29, 1.82) is 0 Å². The minimum Gasteiger partial charge on any atom is -0.333 e. The summed E-state index contributed by atoms with van der Waals surface area (Å²) in [6.45, 7) is 0. The van der Waals surface area contributed by atoms with Gasteiger partial charge in [-0.25, -0.2) is 39.0 Å². The Morgan fingerprint density at radius 3 is 0.604 bits per heavy atom. The molecular weight excluding hydrogens is 1310 g/mol. The van der Waals surface area contributed by atoms with E-state index in [1.165, 1.54) is 56.4 Å². The molecule has 6 aromatic heterocycles. The first-order chi connectivity index (χ1) is 49.3. The van der Waals surface area contributed by atoms with E-state index < -0.39 is 0 Å². The topological polar surface area (TPSA) is 386 Å². The molecule has 14 aromatic rings. The number of nitrogens with zero attached hydrogens (tertiary/aromatic N) is 14. The molecule has 16 bridgehead atoms. The number of nitrogens with one attached hydrogen (secondary N) is 2. The van der Waals surface area contributed by atoms with Gasteiger partial charge in [0.2, 0.25) is 22.6 Å². The van der Waals surface area contributed by atoms with Crippen LogP contribution in [-0.4, -0.2) is 125 Å². The van der Waals surface area contributed by atoms with Crippen molar-refractivity contribution in [3.05, 3.63) is 194 Å². The van der Waals surface area contributed by atoms with Gasteiger partial charge in [0.05, 0.1) is 36.3 Å². The van der Waals surface area contributed by atoms with E-state index in [2.05, 4.69) is 171 Å². The van der Waals surface area contributed by atoms with Gasteiger partial charge in [-0.05, 0) is 105 Å². The molecule has 510 valence electrons. The third-order valence-electron chi connectivity index (χ3n) is 16.5. The predicted octanol–water partition coefficient (Wildman–Crippen LogP) is 9.21. The number of H-pyrrole nitrogens is 2. The molecule has 4 aliphatic heterocycles. The number of aryl methyl sites for hydroxylation is 2. The molecule has 0 aliphatic carbocycles. The number of aromatic nitrogens is 16. The molecule has 0 fully saturated rings. The van der Waals surface area contributed by atoms with E-state index in [1.807, 2.05) is 125 Å². The van der Waals surface area contributed by atoms with Crippen molar-refractivity contribution >= 4 is 88.3 Å². The number of aromatic amines is 2. The molecule has 0 atom stereocenters. The molecule has 18 N–H and O–H groups in total. The van der Waals surface area contributed by atoms with Gasteiger partial charge < -0.3 is 55.8 Å². The Bertz CT molecular complexity index is 4960. The van der Waals surface area contributed by atoms with Gasteiger partial charge in [-0.2, -0.15) is 0 Å². The van der Waals surface area contributed by atoms with Crippen LogP contribution >= 0.6 is 0 Å². The maximum absolute atomic E-state index is 5.37. The van der Waals surface area contributed by atoms with Gasteiger partial charge in [0.15, 0.2) is 23.3 Å². The quantitative estimate of drug-likeness (QED) is 0.0499. The maximum atomic E-state index is 5.37. The van der Waals surface area contributed by atoms with Crippen molar-refractivity contribution in [2.24, 2.45) is 74.1 Å². The van der Waals surface area contributed by atoms with Crippen LogP contribution in [0.4, 0.5) is 0 Å². The number of rotatable bonds is 0. The van der Waals surface area contributed by atoms with Crippen LogP contribution in [0.15, 0.2) is 194 Å². The first-order valence-corrected chi connectivity index (χ1v) is 32.3. The van der Waals surface area contributed by atoms with Crippen LogP contribution in [0.5, 0.6) is 0 Å². The minimum absolute atomic E-state index is 0. The molecule has 8 aromatic carbocycles. The summed E-state index contributed by atoms with van der Waals surface area (Å²) in [6, 6.07) is 65.7. The largest absolute Gasteiger partial charge is 0.333 e. The van der Waals surface area contributed by atoms with Crippen molar-refractivity contribution in [3.8, 4) is 91.1 Å². The summed E-state index contributed by atoms with van der Waals surface area (Å²) in [5, 5.41) is 8.00. The zero-order valence-corrected chi connectivity index (χ0v) is 62.0. The zero-order valence-electron chi connectivity index (χ0n) is 59.1. The number of hydrogen-bond donors (Lipinski definition) is 10. The predicted molar refractivity (Wildman–Crippen MR) is 409 cm³/mol. The Kier molecular flexibility index (Phi) is 25.8. The molecule has 4 aliphatic rings. The van der Waals surface area contributed by atoms with Crippen LogP contribution in [0, 0.1) is 0 Å². The van der Waals surface area contributed by atoms with Gasteiger partial charge in [0, 0.05) is 98.9 Å². The standard InChI is InChI=1S/C36H28N8.C32H18N8.8CH5N.Zn/c1-41-29-21-13-5-6-14-22(21)30(41)38-32-24-16-8-10-18-26(24)34(43(32)3)40-36-28-20-12-11-19-27(28)35(44(36)4)39-33-25-17-9-7-15-23(25)31(37-29)42(33)2;1-2-10-18-17(9-1)25-33-26(18)38-28-21-13-5-6-14-22(21)30(35-28)40-32-24-16-8-7-15-23(24)31(36-32)39-29-20-12-4-3-11-19(20)27(34-29)37-25;8*1-2;/h5-20H,1-4H3;1-16H,(H2,33,34,35,36,37,38,39,40);8*2H2,1H3;/q+2;;;;;;;;;;. The van der Waals surface area contributed by atoms with E-state index in [9.17, 15) is 0 Å². The smallest absolute Gasteiger partial charge is 0.273 e. The molecule has 101 heavy (non-hydrogen) atoms. The molecule has 24 nitrogen and oxygen atoms in total. The van der Waals surface area contributed by atoms with Gasteiger partial charge in [0.25, 0.3) is 23.3 Å². The van der Waals surface area contributed by atoms with Crippen LogP contribution in [0.25, 0.3) is 179 Å². The van der Waals surface area contributed by atoms with Gasteiger partial charge in [-0.15, -0.1) is 0 Å². The molecule has 18 rings (SSSR count). The van der Waals surface area contributed by atoms with Crippen LogP contribution in [0.3, 0.4) is 0 Å². The van der Waals surface area contributed by atoms with Crippen LogP contribution in [0.1, 0.15) is 0 Å². The van der Waals surface area contributed by atoms with Gasteiger partial charge >= 0.3 is 0 Å². The summed E-state index contributed by atoms with van der Waals surface area (Å²) in [5.74, 6) is 5.78. The van der Waals surface area contributed by atoms with E-state index in [-0.39, 0.29) is 19.5 Å². The summed E-state index contributed by atoms with van der Waals surface area (Å²) in [4.78, 5) is 58.2. The van der Waals surface area contributed by atoms with E-state index in [0.717, 1.165) is 133 Å². The molecule has 10 heterocycles. The fraction of sp³-hybridized carbons (Fsp3) is 0.158. The normalized spacial score (nSPS) is 10.5. The molecule has 0 spiro atoms. The van der Waals surface area contributed by atoms with Crippen molar-refractivity contribution in [3.63, 3.8) is 0 Å². The molecule has 0 saturated heterocycles. The van der Waals surface area contributed by atoms with Crippen molar-refractivity contribution in [2.75, 3.05) is 56.4 Å².